The highest BCUT2D eigenvalue weighted by molar-refractivity contribution is 7.85. The van der Waals surface area contributed by atoms with E-state index in [9.17, 15) is 18.0 Å². The van der Waals surface area contributed by atoms with E-state index >= 15 is 0 Å². The van der Waals surface area contributed by atoms with Crippen LogP contribution in [-0.4, -0.2) is 20.0 Å². The van der Waals surface area contributed by atoms with Gasteiger partial charge in [0.2, 0.25) is 0 Å². The maximum Gasteiger partial charge on any atom is 0.409 e. The lowest BCUT2D eigenvalue weighted by Crippen LogP contribution is -2.10. The van der Waals surface area contributed by atoms with Gasteiger partial charge in [-0.15, -0.1) is 0 Å². The normalized spacial score (nSPS) is 12.0. The van der Waals surface area contributed by atoms with Crippen molar-refractivity contribution >= 4 is 21.9 Å². The molecule has 12 heteroatoms. The Morgan fingerprint density at radius 2 is 1.45 bits per heavy atom. The van der Waals surface area contributed by atoms with Crippen LogP contribution in [0, 0.1) is 0 Å². The lowest BCUT2D eigenvalue weighted by molar-refractivity contribution is 0.0994. The first-order valence-electron chi connectivity index (χ1n) is 5.31. The highest BCUT2D eigenvalue weighted by Crippen LogP contribution is 2.15. The van der Waals surface area contributed by atoms with Crippen molar-refractivity contribution in [3.8, 4) is 0 Å². The van der Waals surface area contributed by atoms with Crippen LogP contribution in [0.3, 0.4) is 0 Å². The fourth-order valence-electron chi connectivity index (χ4n) is 1.36. The lowest BCUT2D eigenvalue weighted by atomic mass is 9.95. The van der Waals surface area contributed by atoms with Crippen LogP contribution in [0.25, 0.3) is 20.9 Å². The summed E-state index contributed by atoms with van der Waals surface area (Å²) < 4.78 is 25.7. The lowest BCUT2D eigenvalue weighted by Gasteiger charge is -2.06. The van der Waals surface area contributed by atoms with Crippen LogP contribution in [0.2, 0.25) is 0 Å². The number of nitrogens with zero attached hydrogens (tertiary/aromatic N) is 6. The van der Waals surface area contributed by atoms with Gasteiger partial charge in [0.15, 0.2) is 11.6 Å². The molecule has 0 saturated carbocycles. The largest absolute Gasteiger partial charge is 0.409 e. The third kappa shape index (κ3) is 4.65. The van der Waals surface area contributed by atoms with Crippen molar-refractivity contribution < 1.29 is 22.3 Å². The van der Waals surface area contributed by atoms with Gasteiger partial charge < -0.3 is 4.28 Å². The second-order valence-electron chi connectivity index (χ2n) is 3.45. The molecule has 1 aromatic carbocycles. The van der Waals surface area contributed by atoms with Gasteiger partial charge in [-0.25, -0.2) is 0 Å². The number of carbonyl (C=O) groups excluding carboxylic acids is 2. The molecule has 0 aliphatic heterocycles. The van der Waals surface area contributed by atoms with Crippen LogP contribution in [-0.2, 0) is 14.6 Å². The highest BCUT2D eigenvalue weighted by atomic mass is 32.2. The van der Waals surface area contributed by atoms with Crippen molar-refractivity contribution in [3.05, 3.63) is 68.4 Å². The summed E-state index contributed by atoms with van der Waals surface area (Å²) in [6.45, 7) is 0. The van der Waals surface area contributed by atoms with Crippen molar-refractivity contribution in [3.63, 3.8) is 0 Å². The van der Waals surface area contributed by atoms with Crippen molar-refractivity contribution in [2.45, 2.75) is 0 Å². The fourth-order valence-corrected chi connectivity index (χ4v) is 1.59. The van der Waals surface area contributed by atoms with Crippen molar-refractivity contribution in [2.75, 3.05) is 0 Å². The van der Waals surface area contributed by atoms with Gasteiger partial charge in [0.05, 0.1) is 4.52 Å². The second kappa shape index (κ2) is 7.45. The molecule has 11 nitrogen and oxygen atoms in total. The molecule has 0 radical (unpaired) electrons. The van der Waals surface area contributed by atoms with E-state index in [2.05, 4.69) is 14.1 Å². The molecule has 0 spiro atoms. The van der Waals surface area contributed by atoms with Gasteiger partial charge in [-0.1, -0.05) is 24.3 Å². The Kier molecular flexibility index (Phi) is 5.66. The molecular weight excluding hydrogens is 316 g/mol. The van der Waals surface area contributed by atoms with E-state index in [1.165, 1.54) is 12.2 Å². The minimum absolute atomic E-state index is 0.0924. The molecule has 112 valence electrons. The molecule has 0 aromatic heterocycles. The molecular formula is C10H6N6O5S. The predicted molar refractivity (Wildman–Crippen MR) is 72.5 cm³/mol. The Morgan fingerprint density at radius 3 is 1.86 bits per heavy atom. The third-order valence-electron chi connectivity index (χ3n) is 2.14. The first kappa shape index (κ1) is 16.7. The second-order valence-corrected chi connectivity index (χ2v) is 4.62. The number of allylic oxidation sites excluding steroid dienone is 2. The Hall–Kier alpha value is -3.33. The van der Waals surface area contributed by atoms with Crippen LogP contribution < -0.4 is 0 Å². The standard InChI is InChI=1S/C10H6O2.N6O3S/c11-9-5-6-10(12)8-4-2-1-3-7(8)9;1-3-5-9-10(7,8)6-4-2/h1-6H;. The van der Waals surface area contributed by atoms with E-state index < -0.39 is 10.3 Å². The van der Waals surface area contributed by atoms with Crippen molar-refractivity contribution in [2.24, 2.45) is 9.80 Å². The molecule has 1 aliphatic rings. The summed E-state index contributed by atoms with van der Waals surface area (Å²) in [5.74, 6) is -0.185. The topological polar surface area (TPSA) is 175 Å². The molecule has 0 fully saturated rings. The van der Waals surface area contributed by atoms with Gasteiger partial charge in [-0.3, -0.25) is 9.59 Å². The minimum atomic E-state index is -4.41. The molecule has 0 amide bonds. The van der Waals surface area contributed by atoms with Gasteiger partial charge in [0.25, 0.3) is 0 Å². The fraction of sp³-hybridized carbons (Fsp3) is 0. The summed E-state index contributed by atoms with van der Waals surface area (Å²) >= 11 is 0. The number of fused-ring (bicyclic) bond motifs is 1. The summed E-state index contributed by atoms with van der Waals surface area (Å²) in [5, 5.41) is 2.19. The number of rotatable bonds is 3. The Balaban J connectivity index is 0.000000225. The molecule has 0 bridgehead atoms. The highest BCUT2D eigenvalue weighted by Gasteiger charge is 2.16. The number of carbonyl (C=O) groups is 2. The van der Waals surface area contributed by atoms with Crippen molar-refractivity contribution in [1.29, 1.82) is 0 Å². The van der Waals surface area contributed by atoms with Gasteiger partial charge in [-0.2, -0.15) is 8.42 Å². The Labute approximate surface area is 123 Å². The van der Waals surface area contributed by atoms with Crippen LogP contribution in [0.4, 0.5) is 0 Å². The molecule has 1 aliphatic carbocycles. The van der Waals surface area contributed by atoms with Gasteiger partial charge in [-0.05, 0) is 23.2 Å². The summed E-state index contributed by atoms with van der Waals surface area (Å²) in [4.78, 5) is 26.2. The van der Waals surface area contributed by atoms with E-state index in [4.69, 9.17) is 11.1 Å². The van der Waals surface area contributed by atoms with Crippen LogP contribution >= 0.6 is 0 Å². The molecule has 0 heterocycles. The number of hydrogen-bond donors (Lipinski definition) is 0. The maximum absolute atomic E-state index is 11.2. The molecule has 0 atom stereocenters. The first-order chi connectivity index (χ1) is 10.4. The molecule has 0 unspecified atom stereocenters. The van der Waals surface area contributed by atoms with E-state index in [1.54, 1.807) is 24.3 Å². The number of azide groups is 2. The SMILES string of the molecule is O=C1C=CC(=O)c2ccccc21.[N-]=[N+]=NOS(=O)(=O)N=[N+]=[N-]. The Morgan fingerprint density at radius 1 is 0.955 bits per heavy atom. The zero-order chi connectivity index (χ0) is 16.6. The molecule has 0 saturated heterocycles. The number of hydrogen-bond acceptors (Lipinski definition) is 6. The Bertz CT molecular complexity index is 796. The van der Waals surface area contributed by atoms with E-state index in [0.717, 1.165) is 0 Å². The van der Waals surface area contributed by atoms with E-state index in [1.807, 2.05) is 9.82 Å². The van der Waals surface area contributed by atoms with Gasteiger partial charge in [0.1, 0.15) is 5.28 Å². The summed E-state index contributed by atoms with van der Waals surface area (Å²) in [6, 6.07) is 6.84. The minimum Gasteiger partial charge on any atom is -0.304 e. The first-order valence-corrected chi connectivity index (χ1v) is 6.68. The smallest absolute Gasteiger partial charge is 0.304 e. The molecule has 0 N–H and O–H groups in total. The van der Waals surface area contributed by atoms with Crippen LogP contribution in [0.15, 0.2) is 46.2 Å². The van der Waals surface area contributed by atoms with Crippen molar-refractivity contribution in [1.82, 2.24) is 0 Å². The molecule has 22 heavy (non-hydrogen) atoms. The number of ketones is 2. The average molecular weight is 322 g/mol. The van der Waals surface area contributed by atoms with Gasteiger partial charge in [0, 0.05) is 21.0 Å². The zero-order valence-corrected chi connectivity index (χ0v) is 11.4. The quantitative estimate of drug-likeness (QED) is 0.358. The van der Waals surface area contributed by atoms with E-state index in [0.29, 0.717) is 11.1 Å². The third-order valence-corrected chi connectivity index (χ3v) is 2.67. The number of benzene rings is 1. The predicted octanol–water partition coefficient (Wildman–Crippen LogP) is 2.41. The maximum atomic E-state index is 11.2. The monoisotopic (exact) mass is 322 g/mol. The average Bonchev–Trinajstić information content (AvgIpc) is 2.50. The van der Waals surface area contributed by atoms with E-state index in [-0.39, 0.29) is 11.6 Å². The molecule has 2 rings (SSSR count). The van der Waals surface area contributed by atoms with Crippen LogP contribution in [0.5, 0.6) is 0 Å². The molecule has 1 aromatic rings. The summed E-state index contributed by atoms with van der Waals surface area (Å²) in [7, 11) is -4.41. The van der Waals surface area contributed by atoms with Gasteiger partial charge >= 0.3 is 10.3 Å². The summed E-state index contributed by atoms with van der Waals surface area (Å²) in [6.07, 6.45) is 2.62. The zero-order valence-electron chi connectivity index (χ0n) is 10.6. The van der Waals surface area contributed by atoms with Crippen LogP contribution in [0.1, 0.15) is 20.7 Å². The summed E-state index contributed by atoms with van der Waals surface area (Å²) in [5.41, 5.74) is 16.1.